The van der Waals surface area contributed by atoms with Crippen molar-refractivity contribution in [1.82, 2.24) is 4.90 Å². The SMILES string of the molecule is O=C(O)c1ccc(CCC(=O)N(Cc2cccc([N+](=O)[O-])c2)C2CC2)cc1. The molecule has 1 fully saturated rings. The predicted molar refractivity (Wildman–Crippen MR) is 98.4 cm³/mol. The maximum absolute atomic E-state index is 12.7. The lowest BCUT2D eigenvalue weighted by Crippen LogP contribution is -2.32. The Morgan fingerprint density at radius 2 is 1.81 bits per heavy atom. The van der Waals surface area contributed by atoms with Gasteiger partial charge in [-0.05, 0) is 42.5 Å². The fraction of sp³-hybridized carbons (Fsp3) is 0.300. The maximum atomic E-state index is 12.7. The summed E-state index contributed by atoms with van der Waals surface area (Å²) >= 11 is 0. The van der Waals surface area contributed by atoms with Gasteiger partial charge in [-0.3, -0.25) is 14.9 Å². The van der Waals surface area contributed by atoms with E-state index in [4.69, 9.17) is 5.11 Å². The third-order valence-electron chi connectivity index (χ3n) is 4.61. The molecule has 3 rings (SSSR count). The van der Waals surface area contributed by atoms with Gasteiger partial charge >= 0.3 is 5.97 Å². The second-order valence-corrected chi connectivity index (χ2v) is 6.68. The van der Waals surface area contributed by atoms with Gasteiger partial charge in [0.1, 0.15) is 0 Å². The number of nitrogens with zero attached hydrogens (tertiary/aromatic N) is 2. The highest BCUT2D eigenvalue weighted by molar-refractivity contribution is 5.87. The number of amides is 1. The average Bonchev–Trinajstić information content (AvgIpc) is 3.49. The highest BCUT2D eigenvalue weighted by Gasteiger charge is 2.32. The molecule has 0 heterocycles. The van der Waals surface area contributed by atoms with Crippen LogP contribution in [0.2, 0.25) is 0 Å². The Balaban J connectivity index is 1.63. The Morgan fingerprint density at radius 3 is 2.41 bits per heavy atom. The molecule has 1 amide bonds. The summed E-state index contributed by atoms with van der Waals surface area (Å²) in [5, 5.41) is 19.9. The topological polar surface area (TPSA) is 101 Å². The Morgan fingerprint density at radius 1 is 1.11 bits per heavy atom. The van der Waals surface area contributed by atoms with Crippen LogP contribution in [0.15, 0.2) is 48.5 Å². The number of carbonyl (C=O) groups excluding carboxylic acids is 1. The number of rotatable bonds is 8. The molecule has 0 aliphatic heterocycles. The van der Waals surface area contributed by atoms with Crippen molar-refractivity contribution in [2.24, 2.45) is 0 Å². The number of nitro groups is 1. The molecule has 1 N–H and O–H groups in total. The molecule has 27 heavy (non-hydrogen) atoms. The van der Waals surface area contributed by atoms with Crippen LogP contribution in [-0.4, -0.2) is 32.8 Å². The first-order valence-corrected chi connectivity index (χ1v) is 8.79. The standard InChI is InChI=1S/C20H20N2O5/c23-19(11-6-14-4-7-16(8-5-14)20(24)25)21(17-9-10-17)13-15-2-1-3-18(12-15)22(26)27/h1-5,7-8,12,17H,6,9-11,13H2,(H,24,25). The molecule has 140 valence electrons. The normalized spacial score (nSPS) is 13.2. The van der Waals surface area contributed by atoms with Crippen LogP contribution < -0.4 is 0 Å². The maximum Gasteiger partial charge on any atom is 0.335 e. The molecule has 2 aromatic carbocycles. The summed E-state index contributed by atoms with van der Waals surface area (Å²) in [6.07, 6.45) is 2.75. The first-order chi connectivity index (χ1) is 12.9. The van der Waals surface area contributed by atoms with Crippen molar-refractivity contribution in [1.29, 1.82) is 0 Å². The molecule has 0 spiro atoms. The van der Waals surface area contributed by atoms with E-state index in [1.807, 2.05) is 0 Å². The molecular formula is C20H20N2O5. The lowest BCUT2D eigenvalue weighted by atomic mass is 10.1. The van der Waals surface area contributed by atoms with Gasteiger partial charge in [0, 0.05) is 31.1 Å². The Hall–Kier alpha value is -3.22. The van der Waals surface area contributed by atoms with Gasteiger partial charge in [0.15, 0.2) is 0 Å². The molecule has 0 unspecified atom stereocenters. The van der Waals surface area contributed by atoms with Crippen LogP contribution in [0.25, 0.3) is 0 Å². The van der Waals surface area contributed by atoms with Crippen molar-refractivity contribution in [3.8, 4) is 0 Å². The number of carbonyl (C=O) groups is 2. The number of hydrogen-bond donors (Lipinski definition) is 1. The quantitative estimate of drug-likeness (QED) is 0.568. The number of aryl methyl sites for hydroxylation is 1. The summed E-state index contributed by atoms with van der Waals surface area (Å²) in [5.74, 6) is -0.971. The molecule has 0 atom stereocenters. The summed E-state index contributed by atoms with van der Waals surface area (Å²) in [6.45, 7) is 0.364. The van der Waals surface area contributed by atoms with Gasteiger partial charge in [-0.25, -0.2) is 4.79 Å². The monoisotopic (exact) mass is 368 g/mol. The minimum Gasteiger partial charge on any atom is -0.478 e. The van der Waals surface area contributed by atoms with Crippen LogP contribution in [0, 0.1) is 10.1 Å². The fourth-order valence-electron chi connectivity index (χ4n) is 2.98. The number of carboxylic acids is 1. The summed E-state index contributed by atoms with van der Waals surface area (Å²) in [6, 6.07) is 13.1. The van der Waals surface area contributed by atoms with Crippen molar-refractivity contribution in [3.63, 3.8) is 0 Å². The molecule has 1 aliphatic rings. The third kappa shape index (κ3) is 4.91. The molecule has 1 saturated carbocycles. The first kappa shape index (κ1) is 18.6. The van der Waals surface area contributed by atoms with Crippen LogP contribution in [0.4, 0.5) is 5.69 Å². The van der Waals surface area contributed by atoms with E-state index >= 15 is 0 Å². The Labute approximate surface area is 156 Å². The zero-order chi connectivity index (χ0) is 19.4. The number of carboxylic acid groups (broad SMARTS) is 1. The summed E-state index contributed by atoms with van der Waals surface area (Å²) in [5.41, 5.74) is 1.89. The minimum absolute atomic E-state index is 0.00585. The Kier molecular flexibility index (Phi) is 5.49. The van der Waals surface area contributed by atoms with E-state index in [0.717, 1.165) is 24.0 Å². The molecule has 0 saturated heterocycles. The molecule has 7 heteroatoms. The van der Waals surface area contributed by atoms with Gasteiger partial charge < -0.3 is 10.0 Å². The smallest absolute Gasteiger partial charge is 0.335 e. The average molecular weight is 368 g/mol. The van der Waals surface area contributed by atoms with Gasteiger partial charge in [-0.15, -0.1) is 0 Å². The highest BCUT2D eigenvalue weighted by Crippen LogP contribution is 2.29. The molecule has 0 radical (unpaired) electrons. The van der Waals surface area contributed by atoms with Gasteiger partial charge in [-0.2, -0.15) is 0 Å². The van der Waals surface area contributed by atoms with Crippen molar-refractivity contribution in [2.45, 2.75) is 38.3 Å². The van der Waals surface area contributed by atoms with Gasteiger partial charge in [0.05, 0.1) is 10.5 Å². The zero-order valence-electron chi connectivity index (χ0n) is 14.7. The minimum atomic E-state index is -0.977. The van der Waals surface area contributed by atoms with E-state index < -0.39 is 10.9 Å². The molecule has 7 nitrogen and oxygen atoms in total. The summed E-state index contributed by atoms with van der Waals surface area (Å²) < 4.78 is 0. The van der Waals surface area contributed by atoms with Gasteiger partial charge in [-0.1, -0.05) is 24.3 Å². The van der Waals surface area contributed by atoms with Crippen molar-refractivity contribution in [3.05, 3.63) is 75.3 Å². The molecule has 1 aliphatic carbocycles. The lowest BCUT2D eigenvalue weighted by molar-refractivity contribution is -0.384. The van der Waals surface area contributed by atoms with Crippen molar-refractivity contribution < 1.29 is 19.6 Å². The summed E-state index contributed by atoms with van der Waals surface area (Å²) in [7, 11) is 0. The number of aromatic carboxylic acids is 1. The number of nitro benzene ring substituents is 1. The van der Waals surface area contributed by atoms with E-state index in [9.17, 15) is 19.7 Å². The molecular weight excluding hydrogens is 348 g/mol. The van der Waals surface area contributed by atoms with E-state index in [1.54, 1.807) is 29.2 Å². The zero-order valence-corrected chi connectivity index (χ0v) is 14.7. The lowest BCUT2D eigenvalue weighted by Gasteiger charge is -2.22. The summed E-state index contributed by atoms with van der Waals surface area (Å²) in [4.78, 5) is 35.9. The number of benzene rings is 2. The highest BCUT2D eigenvalue weighted by atomic mass is 16.6. The molecule has 2 aromatic rings. The van der Waals surface area contributed by atoms with Crippen LogP contribution in [0.3, 0.4) is 0 Å². The predicted octanol–water partition coefficient (Wildman–Crippen LogP) is 3.42. The number of hydrogen-bond acceptors (Lipinski definition) is 4. The van der Waals surface area contributed by atoms with Crippen LogP contribution in [0.5, 0.6) is 0 Å². The van der Waals surface area contributed by atoms with E-state index in [1.165, 1.54) is 24.3 Å². The first-order valence-electron chi connectivity index (χ1n) is 8.79. The third-order valence-corrected chi connectivity index (χ3v) is 4.61. The molecule has 0 aromatic heterocycles. The second kappa shape index (κ2) is 7.99. The van der Waals surface area contributed by atoms with Crippen molar-refractivity contribution in [2.75, 3.05) is 0 Å². The number of non-ortho nitro benzene ring substituents is 1. The largest absolute Gasteiger partial charge is 0.478 e. The van der Waals surface area contributed by atoms with E-state index in [2.05, 4.69) is 0 Å². The van der Waals surface area contributed by atoms with Crippen LogP contribution in [0.1, 0.15) is 40.7 Å². The van der Waals surface area contributed by atoms with Crippen LogP contribution >= 0.6 is 0 Å². The second-order valence-electron chi connectivity index (χ2n) is 6.68. The van der Waals surface area contributed by atoms with Crippen molar-refractivity contribution >= 4 is 17.6 Å². The van der Waals surface area contributed by atoms with Crippen LogP contribution in [-0.2, 0) is 17.8 Å². The molecule has 0 bridgehead atoms. The fourth-order valence-corrected chi connectivity index (χ4v) is 2.98. The van der Waals surface area contributed by atoms with Gasteiger partial charge in [0.25, 0.3) is 5.69 Å². The van der Waals surface area contributed by atoms with E-state index in [0.29, 0.717) is 19.4 Å². The van der Waals surface area contributed by atoms with E-state index in [-0.39, 0.29) is 23.2 Å². The Bertz CT molecular complexity index is 859. The van der Waals surface area contributed by atoms with Gasteiger partial charge in [0.2, 0.25) is 5.91 Å².